The van der Waals surface area contributed by atoms with Crippen LogP contribution < -0.4 is 0 Å². The molecule has 0 aliphatic carbocycles. The van der Waals surface area contributed by atoms with E-state index in [-0.39, 0.29) is 0 Å². The summed E-state index contributed by atoms with van der Waals surface area (Å²) in [6, 6.07) is 0. The summed E-state index contributed by atoms with van der Waals surface area (Å²) in [7, 11) is 0. The Morgan fingerprint density at radius 2 is 1.77 bits per heavy atom. The van der Waals surface area contributed by atoms with Gasteiger partial charge in [0.05, 0.1) is 10.7 Å². The van der Waals surface area contributed by atoms with Crippen molar-refractivity contribution >= 4 is 11.3 Å². The first kappa shape index (κ1) is 10.7. The number of hydrogen-bond donors (Lipinski definition) is 0. The van der Waals surface area contributed by atoms with Gasteiger partial charge >= 0.3 is 0 Å². The van der Waals surface area contributed by atoms with E-state index in [1.165, 1.54) is 28.4 Å². The smallest absolute Gasteiger partial charge is 0.0989 e. The summed E-state index contributed by atoms with van der Waals surface area (Å²) in [4.78, 5) is 6.01. The average Bonchev–Trinajstić information content (AvgIpc) is 2.46. The van der Waals surface area contributed by atoms with E-state index in [0.29, 0.717) is 5.41 Å². The van der Waals surface area contributed by atoms with Crippen LogP contribution in [0.3, 0.4) is 0 Å². The summed E-state index contributed by atoms with van der Waals surface area (Å²) in [5.74, 6) is 0. The molecule has 0 aromatic carbocycles. The maximum absolute atomic E-state index is 4.64. The van der Waals surface area contributed by atoms with E-state index in [9.17, 15) is 0 Å². The second-order valence-electron chi connectivity index (χ2n) is 3.93. The van der Waals surface area contributed by atoms with Crippen LogP contribution in [0.2, 0.25) is 0 Å². The Balaban J connectivity index is 3.05. The molecule has 1 nitrogen and oxygen atoms in total. The molecule has 0 fully saturated rings. The number of rotatable bonds is 3. The monoisotopic (exact) mass is 197 g/mol. The van der Waals surface area contributed by atoms with E-state index < -0.39 is 0 Å². The van der Waals surface area contributed by atoms with E-state index in [1.54, 1.807) is 0 Å². The van der Waals surface area contributed by atoms with Crippen LogP contribution in [0.4, 0.5) is 0 Å². The van der Waals surface area contributed by atoms with Crippen LogP contribution in [-0.2, 0) is 5.41 Å². The molecule has 74 valence electrons. The van der Waals surface area contributed by atoms with Gasteiger partial charge < -0.3 is 0 Å². The molecule has 0 amide bonds. The lowest BCUT2D eigenvalue weighted by molar-refractivity contribution is 0.436. The van der Waals surface area contributed by atoms with E-state index in [0.717, 1.165) is 0 Å². The molecule has 1 heterocycles. The van der Waals surface area contributed by atoms with Gasteiger partial charge in [-0.3, -0.25) is 0 Å². The molecule has 0 N–H and O–H groups in total. The van der Waals surface area contributed by atoms with Gasteiger partial charge in [-0.2, -0.15) is 0 Å². The molecule has 0 atom stereocenters. The number of aryl methyl sites for hydroxylation is 2. The highest BCUT2D eigenvalue weighted by atomic mass is 32.1. The van der Waals surface area contributed by atoms with Crippen molar-refractivity contribution in [3.8, 4) is 0 Å². The van der Waals surface area contributed by atoms with Crippen LogP contribution in [0.25, 0.3) is 0 Å². The minimum absolute atomic E-state index is 0.295. The normalized spacial score (nSPS) is 12.1. The Hall–Kier alpha value is -0.370. The van der Waals surface area contributed by atoms with Gasteiger partial charge in [-0.25, -0.2) is 4.98 Å². The topological polar surface area (TPSA) is 12.9 Å². The predicted molar refractivity (Wildman–Crippen MR) is 59.5 cm³/mol. The maximum Gasteiger partial charge on any atom is 0.0989 e. The van der Waals surface area contributed by atoms with Crippen LogP contribution in [0.1, 0.15) is 49.2 Å². The lowest BCUT2D eigenvalue weighted by atomic mass is 9.85. The van der Waals surface area contributed by atoms with Crippen LogP contribution >= 0.6 is 11.3 Å². The Labute approximate surface area is 85.2 Å². The molecule has 0 aliphatic heterocycles. The number of hydrogen-bond acceptors (Lipinski definition) is 2. The number of aromatic nitrogens is 1. The largest absolute Gasteiger partial charge is 0.246 e. The zero-order valence-electron chi connectivity index (χ0n) is 9.27. The summed E-state index contributed by atoms with van der Waals surface area (Å²) in [6.07, 6.45) is 2.35. The van der Waals surface area contributed by atoms with Crippen LogP contribution in [-0.4, -0.2) is 4.98 Å². The maximum atomic E-state index is 4.64. The Morgan fingerprint density at radius 1 is 1.23 bits per heavy atom. The first-order chi connectivity index (χ1) is 6.03. The fourth-order valence-electron chi connectivity index (χ4n) is 1.28. The van der Waals surface area contributed by atoms with Crippen molar-refractivity contribution in [3.63, 3.8) is 0 Å². The van der Waals surface area contributed by atoms with Crippen molar-refractivity contribution in [2.45, 2.75) is 52.9 Å². The third-order valence-corrected chi connectivity index (χ3v) is 4.48. The highest BCUT2D eigenvalue weighted by molar-refractivity contribution is 7.11. The second kappa shape index (κ2) is 3.79. The standard InChI is InChI=1S/C11H19NS/c1-6-11(5,7-2)10-12-8(3)9(4)13-10/h6-7H2,1-5H3. The van der Waals surface area contributed by atoms with Crippen molar-refractivity contribution in [2.24, 2.45) is 0 Å². The fraction of sp³-hybridized carbons (Fsp3) is 0.727. The highest BCUT2D eigenvalue weighted by Gasteiger charge is 2.26. The highest BCUT2D eigenvalue weighted by Crippen LogP contribution is 2.34. The quantitative estimate of drug-likeness (QED) is 0.717. The van der Waals surface area contributed by atoms with Crippen molar-refractivity contribution in [3.05, 3.63) is 15.6 Å². The van der Waals surface area contributed by atoms with E-state index >= 15 is 0 Å². The molecule has 0 spiro atoms. The molecule has 0 bridgehead atoms. The van der Waals surface area contributed by atoms with E-state index in [1.807, 2.05) is 11.3 Å². The minimum Gasteiger partial charge on any atom is -0.246 e. The van der Waals surface area contributed by atoms with Crippen LogP contribution in [0.5, 0.6) is 0 Å². The average molecular weight is 197 g/mol. The third kappa shape index (κ3) is 1.93. The van der Waals surface area contributed by atoms with Gasteiger partial charge in [0, 0.05) is 10.3 Å². The molecule has 0 saturated carbocycles. The van der Waals surface area contributed by atoms with Crippen molar-refractivity contribution in [2.75, 3.05) is 0 Å². The first-order valence-electron chi connectivity index (χ1n) is 4.98. The Morgan fingerprint density at radius 3 is 2.08 bits per heavy atom. The van der Waals surface area contributed by atoms with Crippen molar-refractivity contribution < 1.29 is 0 Å². The van der Waals surface area contributed by atoms with Gasteiger partial charge in [0.15, 0.2) is 0 Å². The molecule has 1 aromatic heterocycles. The molecule has 13 heavy (non-hydrogen) atoms. The summed E-state index contributed by atoms with van der Waals surface area (Å²) in [5, 5.41) is 1.31. The molecule has 0 saturated heterocycles. The zero-order valence-corrected chi connectivity index (χ0v) is 10.1. The Kier molecular flexibility index (Phi) is 3.12. The van der Waals surface area contributed by atoms with Crippen molar-refractivity contribution in [1.29, 1.82) is 0 Å². The second-order valence-corrected chi connectivity index (χ2v) is 5.13. The van der Waals surface area contributed by atoms with Crippen LogP contribution in [0, 0.1) is 13.8 Å². The summed E-state index contributed by atoms with van der Waals surface area (Å²) in [6.45, 7) is 11.1. The summed E-state index contributed by atoms with van der Waals surface area (Å²) < 4.78 is 0. The van der Waals surface area contributed by atoms with E-state index in [4.69, 9.17) is 0 Å². The Bertz CT molecular complexity index is 265. The molecular formula is C11H19NS. The summed E-state index contributed by atoms with van der Waals surface area (Å²) in [5.41, 5.74) is 1.50. The van der Waals surface area contributed by atoms with Crippen LogP contribution in [0.15, 0.2) is 0 Å². The molecule has 0 aliphatic rings. The summed E-state index contributed by atoms with van der Waals surface area (Å²) >= 11 is 1.86. The zero-order chi connectivity index (χ0) is 10.1. The molecular weight excluding hydrogens is 178 g/mol. The van der Waals surface area contributed by atoms with Gasteiger partial charge in [-0.05, 0) is 26.7 Å². The van der Waals surface area contributed by atoms with Crippen molar-refractivity contribution in [1.82, 2.24) is 4.98 Å². The predicted octanol–water partition coefficient (Wildman–Crippen LogP) is 3.84. The van der Waals surface area contributed by atoms with Gasteiger partial charge in [-0.15, -0.1) is 11.3 Å². The number of thiazole rings is 1. The third-order valence-electron chi connectivity index (χ3n) is 3.11. The molecule has 0 unspecified atom stereocenters. The minimum atomic E-state index is 0.295. The van der Waals surface area contributed by atoms with Gasteiger partial charge in [-0.1, -0.05) is 20.8 Å². The van der Waals surface area contributed by atoms with Gasteiger partial charge in [0.2, 0.25) is 0 Å². The number of nitrogens with zero attached hydrogens (tertiary/aromatic N) is 1. The molecule has 1 rings (SSSR count). The van der Waals surface area contributed by atoms with Gasteiger partial charge in [0.25, 0.3) is 0 Å². The first-order valence-corrected chi connectivity index (χ1v) is 5.79. The molecule has 0 radical (unpaired) electrons. The SMILES string of the molecule is CCC(C)(CC)c1nc(C)c(C)s1. The fourth-order valence-corrected chi connectivity index (χ4v) is 2.48. The lowest BCUT2D eigenvalue weighted by Gasteiger charge is -2.23. The van der Waals surface area contributed by atoms with E-state index in [2.05, 4.69) is 39.6 Å². The lowest BCUT2D eigenvalue weighted by Crippen LogP contribution is -2.19. The molecule has 1 aromatic rings. The van der Waals surface area contributed by atoms with Gasteiger partial charge in [0.1, 0.15) is 0 Å². The molecule has 2 heteroatoms.